The van der Waals surface area contributed by atoms with Crippen LogP contribution >= 0.6 is 0 Å². The maximum Gasteiger partial charge on any atom is 0.327 e. The van der Waals surface area contributed by atoms with E-state index in [0.717, 1.165) is 27.2 Å². The zero-order valence-electron chi connectivity index (χ0n) is 16.4. The fraction of sp³-hybridized carbons (Fsp3) is 0.190. The second kappa shape index (κ2) is 8.50. The van der Waals surface area contributed by atoms with Crippen molar-refractivity contribution in [3.63, 3.8) is 0 Å². The van der Waals surface area contributed by atoms with Gasteiger partial charge in [-0.25, -0.2) is 8.42 Å². The lowest BCUT2D eigenvalue weighted by molar-refractivity contribution is -0.387. The normalized spacial score (nSPS) is 11.4. The first-order valence-electron chi connectivity index (χ1n) is 9.14. The number of fused-ring (bicyclic) bond motifs is 1. The molecule has 3 aromatic rings. The van der Waals surface area contributed by atoms with Gasteiger partial charge in [0, 0.05) is 6.07 Å². The van der Waals surface area contributed by atoms with Crippen LogP contribution in [0.1, 0.15) is 13.8 Å². The topological polar surface area (TPSA) is 107 Å². The average Bonchev–Trinajstić information content (AvgIpc) is 2.71. The number of nitro benzene ring substituents is 1. The molecule has 0 amide bonds. The number of nitro groups is 1. The van der Waals surface area contributed by atoms with E-state index in [-0.39, 0.29) is 5.69 Å². The Hall–Kier alpha value is -3.46. The van der Waals surface area contributed by atoms with Crippen LogP contribution in [-0.2, 0) is 19.6 Å². The van der Waals surface area contributed by atoms with Gasteiger partial charge in [-0.2, -0.15) is 0 Å². The molecule has 0 aliphatic heterocycles. The van der Waals surface area contributed by atoms with Gasteiger partial charge in [0.15, 0.2) is 4.90 Å². The third-order valence-corrected chi connectivity index (χ3v) is 6.11. The molecule has 8 nitrogen and oxygen atoms in total. The maximum atomic E-state index is 13.4. The third kappa shape index (κ3) is 4.41. The SMILES string of the molecule is CC(C)OC(=O)CN(c1ccc2ccccc2c1)S(=O)(=O)c1ccccc1[N+](=O)[O-]. The number of sulfonamides is 1. The largest absolute Gasteiger partial charge is 0.462 e. The molecule has 3 rings (SSSR count). The van der Waals surface area contributed by atoms with Crippen molar-refractivity contribution < 1.29 is 22.9 Å². The first-order valence-corrected chi connectivity index (χ1v) is 10.6. The third-order valence-electron chi connectivity index (χ3n) is 4.29. The summed E-state index contributed by atoms with van der Waals surface area (Å²) in [6, 6.07) is 17.3. The molecule has 0 aliphatic carbocycles. The van der Waals surface area contributed by atoms with E-state index < -0.39 is 44.1 Å². The van der Waals surface area contributed by atoms with Gasteiger partial charge in [-0.05, 0) is 42.8 Å². The van der Waals surface area contributed by atoms with Gasteiger partial charge in [-0.15, -0.1) is 0 Å². The van der Waals surface area contributed by atoms with Crippen LogP contribution in [0.15, 0.2) is 71.6 Å². The van der Waals surface area contributed by atoms with Crippen LogP contribution in [0.5, 0.6) is 0 Å². The van der Waals surface area contributed by atoms with Crippen molar-refractivity contribution in [1.82, 2.24) is 0 Å². The molecule has 9 heteroatoms. The predicted octanol–water partition coefficient (Wildman–Crippen LogP) is 3.89. The van der Waals surface area contributed by atoms with Crippen molar-refractivity contribution in [1.29, 1.82) is 0 Å². The number of anilines is 1. The first-order chi connectivity index (χ1) is 14.2. The van der Waals surface area contributed by atoms with Crippen molar-refractivity contribution >= 4 is 38.1 Å². The van der Waals surface area contributed by atoms with Crippen LogP contribution in [-0.4, -0.2) is 32.0 Å². The van der Waals surface area contributed by atoms with E-state index in [4.69, 9.17) is 4.74 Å². The minimum Gasteiger partial charge on any atom is -0.462 e. The van der Waals surface area contributed by atoms with Crippen molar-refractivity contribution in [3.8, 4) is 0 Å². The lowest BCUT2D eigenvalue weighted by Crippen LogP contribution is -2.37. The number of carbonyl (C=O) groups is 1. The Labute approximate surface area is 173 Å². The molecular weight excluding hydrogens is 408 g/mol. The van der Waals surface area contributed by atoms with Crippen LogP contribution in [0.3, 0.4) is 0 Å². The van der Waals surface area contributed by atoms with Gasteiger partial charge in [0.05, 0.1) is 16.7 Å². The summed E-state index contributed by atoms with van der Waals surface area (Å²) in [4.78, 5) is 22.5. The minimum atomic E-state index is -4.44. The van der Waals surface area contributed by atoms with Gasteiger partial charge in [0.2, 0.25) is 0 Å². The molecule has 0 atom stereocenters. The Bertz CT molecular complexity index is 1210. The van der Waals surface area contributed by atoms with E-state index in [2.05, 4.69) is 0 Å². The van der Waals surface area contributed by atoms with Gasteiger partial charge >= 0.3 is 5.97 Å². The van der Waals surface area contributed by atoms with Crippen molar-refractivity contribution in [2.75, 3.05) is 10.8 Å². The van der Waals surface area contributed by atoms with E-state index in [1.807, 2.05) is 12.1 Å². The molecule has 0 aliphatic rings. The highest BCUT2D eigenvalue weighted by Gasteiger charge is 2.33. The minimum absolute atomic E-state index is 0.201. The van der Waals surface area contributed by atoms with Gasteiger partial charge in [0.25, 0.3) is 15.7 Å². The van der Waals surface area contributed by atoms with Gasteiger partial charge in [0.1, 0.15) is 6.54 Å². The highest BCUT2D eigenvalue weighted by atomic mass is 32.2. The summed E-state index contributed by atoms with van der Waals surface area (Å²) in [5, 5.41) is 13.0. The Balaban J connectivity index is 2.15. The second-order valence-electron chi connectivity index (χ2n) is 6.81. The number of rotatable bonds is 7. The van der Waals surface area contributed by atoms with E-state index >= 15 is 0 Å². The predicted molar refractivity (Wildman–Crippen MR) is 113 cm³/mol. The molecule has 0 saturated heterocycles. The number of esters is 1. The molecule has 0 unspecified atom stereocenters. The number of benzene rings is 3. The molecule has 0 N–H and O–H groups in total. The number of hydrogen-bond acceptors (Lipinski definition) is 6. The molecule has 0 radical (unpaired) electrons. The number of para-hydroxylation sites is 1. The average molecular weight is 428 g/mol. The van der Waals surface area contributed by atoms with Gasteiger partial charge in [-0.3, -0.25) is 19.2 Å². The first kappa shape index (κ1) is 21.3. The molecule has 0 bridgehead atoms. The Morgan fingerprint density at radius 2 is 1.67 bits per heavy atom. The molecular formula is C21H20N2O6S. The quantitative estimate of drug-likeness (QED) is 0.321. The van der Waals surface area contributed by atoms with E-state index in [0.29, 0.717) is 0 Å². The molecule has 30 heavy (non-hydrogen) atoms. The highest BCUT2D eigenvalue weighted by molar-refractivity contribution is 7.93. The summed E-state index contributed by atoms with van der Waals surface area (Å²) in [5.41, 5.74) is -0.368. The molecule has 3 aromatic carbocycles. The Morgan fingerprint density at radius 1 is 1.03 bits per heavy atom. The van der Waals surface area contributed by atoms with Crippen molar-refractivity contribution in [2.24, 2.45) is 0 Å². The van der Waals surface area contributed by atoms with Gasteiger partial charge in [-0.1, -0.05) is 42.5 Å². The molecule has 156 valence electrons. The summed E-state index contributed by atoms with van der Waals surface area (Å²) in [6.07, 6.45) is -0.440. The number of carbonyl (C=O) groups excluding carboxylic acids is 1. The van der Waals surface area contributed by atoms with Crippen LogP contribution < -0.4 is 4.31 Å². The lowest BCUT2D eigenvalue weighted by Gasteiger charge is -2.24. The molecule has 0 heterocycles. The van der Waals surface area contributed by atoms with Crippen molar-refractivity contribution in [3.05, 3.63) is 76.8 Å². The zero-order chi connectivity index (χ0) is 21.9. The van der Waals surface area contributed by atoms with Crippen LogP contribution in [0.4, 0.5) is 11.4 Å². The summed E-state index contributed by atoms with van der Waals surface area (Å²) < 4.78 is 32.8. The highest BCUT2D eigenvalue weighted by Crippen LogP contribution is 2.31. The van der Waals surface area contributed by atoms with Crippen LogP contribution in [0.2, 0.25) is 0 Å². The summed E-state index contributed by atoms with van der Waals surface area (Å²) in [7, 11) is -4.44. The molecule has 0 spiro atoms. The van der Waals surface area contributed by atoms with Gasteiger partial charge < -0.3 is 4.74 Å². The van der Waals surface area contributed by atoms with E-state index in [1.165, 1.54) is 12.1 Å². The van der Waals surface area contributed by atoms with E-state index in [1.54, 1.807) is 44.2 Å². The Morgan fingerprint density at radius 3 is 2.33 bits per heavy atom. The monoisotopic (exact) mass is 428 g/mol. The van der Waals surface area contributed by atoms with Crippen LogP contribution in [0, 0.1) is 10.1 Å². The van der Waals surface area contributed by atoms with E-state index in [9.17, 15) is 23.3 Å². The summed E-state index contributed by atoms with van der Waals surface area (Å²) in [6.45, 7) is 2.68. The molecule has 0 aromatic heterocycles. The number of nitrogens with zero attached hydrogens (tertiary/aromatic N) is 2. The summed E-state index contributed by atoms with van der Waals surface area (Å²) >= 11 is 0. The lowest BCUT2D eigenvalue weighted by atomic mass is 10.1. The fourth-order valence-corrected chi connectivity index (χ4v) is 4.57. The van der Waals surface area contributed by atoms with Crippen LogP contribution in [0.25, 0.3) is 10.8 Å². The smallest absolute Gasteiger partial charge is 0.327 e. The summed E-state index contributed by atoms with van der Waals surface area (Å²) in [5.74, 6) is -0.764. The fourth-order valence-electron chi connectivity index (χ4n) is 3.01. The molecule has 0 saturated carbocycles. The number of hydrogen-bond donors (Lipinski definition) is 0. The Kier molecular flexibility index (Phi) is 6.02. The molecule has 0 fully saturated rings. The van der Waals surface area contributed by atoms with Crippen molar-refractivity contribution in [2.45, 2.75) is 24.8 Å². The maximum absolute atomic E-state index is 13.4. The second-order valence-corrected chi connectivity index (χ2v) is 8.64. The standard InChI is InChI=1S/C21H20N2O6S/c1-15(2)29-21(24)14-22(18-12-11-16-7-3-4-8-17(16)13-18)30(27,28)20-10-6-5-9-19(20)23(25)26/h3-13,15H,14H2,1-2H3. The number of ether oxygens (including phenoxy) is 1. The zero-order valence-corrected chi connectivity index (χ0v) is 17.2.